The van der Waals surface area contributed by atoms with Gasteiger partial charge in [0.15, 0.2) is 5.69 Å². The number of nitrogens with two attached hydrogens (primary N) is 1. The Morgan fingerprint density at radius 2 is 1.75 bits per heavy atom. The molecular formula is C27H29N5O4. The third-order valence-electron chi connectivity index (χ3n) is 5.94. The molecule has 2 heterocycles. The molecular weight excluding hydrogens is 458 g/mol. The van der Waals surface area contributed by atoms with Gasteiger partial charge in [-0.15, -0.1) is 0 Å². The van der Waals surface area contributed by atoms with E-state index in [0.717, 1.165) is 17.5 Å². The van der Waals surface area contributed by atoms with Crippen molar-refractivity contribution in [1.82, 2.24) is 14.5 Å². The minimum atomic E-state index is -0.701. The Kier molecular flexibility index (Phi) is 7.48. The van der Waals surface area contributed by atoms with E-state index in [4.69, 9.17) is 10.2 Å². The predicted molar refractivity (Wildman–Crippen MR) is 139 cm³/mol. The molecule has 2 aromatic heterocycles. The molecule has 0 aliphatic heterocycles. The van der Waals surface area contributed by atoms with Crippen molar-refractivity contribution in [2.45, 2.75) is 39.7 Å². The molecule has 0 fully saturated rings. The summed E-state index contributed by atoms with van der Waals surface area (Å²) in [6, 6.07) is 18.7. The van der Waals surface area contributed by atoms with E-state index in [2.05, 4.69) is 9.97 Å². The quantitative estimate of drug-likeness (QED) is 0.372. The lowest BCUT2D eigenvalue weighted by atomic mass is 10.2. The number of carbonyl (C=O) groups excluding carboxylic acids is 1. The molecule has 0 aliphatic rings. The minimum absolute atomic E-state index is 0.0339. The van der Waals surface area contributed by atoms with E-state index in [1.165, 1.54) is 9.47 Å². The SMILES string of the molecule is CCCCN(C(=O)Cc1nc(-c2ccccc2)oc1C)c1c(N)n(Cc2ccccc2)c(=O)[nH]c1=O. The summed E-state index contributed by atoms with van der Waals surface area (Å²) in [5, 5.41) is 0. The fraction of sp³-hybridized carbons (Fsp3) is 0.259. The van der Waals surface area contributed by atoms with Crippen molar-refractivity contribution in [3.8, 4) is 11.5 Å². The molecule has 9 heteroatoms. The largest absolute Gasteiger partial charge is 0.441 e. The third kappa shape index (κ3) is 5.30. The van der Waals surface area contributed by atoms with Gasteiger partial charge in [0.1, 0.15) is 11.6 Å². The highest BCUT2D eigenvalue weighted by atomic mass is 16.4. The van der Waals surface area contributed by atoms with Crippen LogP contribution in [0.4, 0.5) is 11.5 Å². The second-order valence-corrected chi connectivity index (χ2v) is 8.53. The Balaban J connectivity index is 1.69. The fourth-order valence-electron chi connectivity index (χ4n) is 3.97. The first-order chi connectivity index (χ1) is 17.4. The van der Waals surface area contributed by atoms with Crippen molar-refractivity contribution in [3.05, 3.63) is 98.5 Å². The molecule has 0 saturated carbocycles. The molecule has 0 atom stereocenters. The molecule has 0 unspecified atom stereocenters. The van der Waals surface area contributed by atoms with Gasteiger partial charge in [-0.1, -0.05) is 61.9 Å². The van der Waals surface area contributed by atoms with E-state index >= 15 is 0 Å². The second-order valence-electron chi connectivity index (χ2n) is 8.53. The number of unbranched alkanes of at least 4 members (excludes halogenated alkanes) is 1. The third-order valence-corrected chi connectivity index (χ3v) is 5.94. The number of benzene rings is 2. The van der Waals surface area contributed by atoms with Gasteiger partial charge in [-0.05, 0) is 31.0 Å². The lowest BCUT2D eigenvalue weighted by Crippen LogP contribution is -2.42. The zero-order valence-corrected chi connectivity index (χ0v) is 20.4. The fourth-order valence-corrected chi connectivity index (χ4v) is 3.97. The number of aromatic nitrogens is 3. The maximum absolute atomic E-state index is 13.5. The number of hydrogen-bond acceptors (Lipinski definition) is 6. The van der Waals surface area contributed by atoms with Crippen LogP contribution in [0, 0.1) is 6.92 Å². The zero-order valence-electron chi connectivity index (χ0n) is 20.4. The van der Waals surface area contributed by atoms with Crippen LogP contribution in [0.3, 0.4) is 0 Å². The van der Waals surface area contributed by atoms with E-state index in [0.29, 0.717) is 23.8 Å². The highest BCUT2D eigenvalue weighted by Crippen LogP contribution is 2.24. The van der Waals surface area contributed by atoms with E-state index in [1.807, 2.05) is 67.6 Å². The van der Waals surface area contributed by atoms with Crippen molar-refractivity contribution in [2.24, 2.45) is 0 Å². The number of nitrogens with one attached hydrogen (secondary N) is 1. The minimum Gasteiger partial charge on any atom is -0.441 e. The Morgan fingerprint density at radius 3 is 2.42 bits per heavy atom. The van der Waals surface area contributed by atoms with E-state index < -0.39 is 11.2 Å². The molecule has 0 radical (unpaired) electrons. The van der Waals surface area contributed by atoms with Crippen molar-refractivity contribution < 1.29 is 9.21 Å². The Bertz CT molecular complexity index is 1460. The Hall–Kier alpha value is -4.40. The zero-order chi connectivity index (χ0) is 25.7. The smallest absolute Gasteiger partial charge is 0.330 e. The number of oxazole rings is 1. The molecule has 0 bridgehead atoms. The summed E-state index contributed by atoms with van der Waals surface area (Å²) < 4.78 is 7.07. The number of amides is 1. The molecule has 0 spiro atoms. The lowest BCUT2D eigenvalue weighted by Gasteiger charge is -2.24. The maximum atomic E-state index is 13.5. The van der Waals surface area contributed by atoms with Crippen LogP contribution in [0.5, 0.6) is 0 Å². The number of nitrogens with zero attached hydrogens (tertiary/aromatic N) is 3. The van der Waals surface area contributed by atoms with Gasteiger partial charge in [-0.25, -0.2) is 9.78 Å². The normalized spacial score (nSPS) is 10.9. The summed E-state index contributed by atoms with van der Waals surface area (Å²) in [4.78, 5) is 47.2. The highest BCUT2D eigenvalue weighted by Gasteiger charge is 2.26. The van der Waals surface area contributed by atoms with E-state index in [-0.39, 0.29) is 36.9 Å². The van der Waals surface area contributed by atoms with Crippen LogP contribution in [0.15, 0.2) is 74.7 Å². The molecule has 1 amide bonds. The number of carbonyl (C=O) groups is 1. The van der Waals surface area contributed by atoms with Crippen LogP contribution in [0.25, 0.3) is 11.5 Å². The van der Waals surface area contributed by atoms with Gasteiger partial charge in [0, 0.05) is 12.1 Å². The summed E-state index contributed by atoms with van der Waals surface area (Å²) in [7, 11) is 0. The monoisotopic (exact) mass is 487 g/mol. The summed E-state index contributed by atoms with van der Waals surface area (Å²) in [6.07, 6.45) is 1.37. The van der Waals surface area contributed by atoms with E-state index in [1.54, 1.807) is 6.92 Å². The molecule has 0 saturated heterocycles. The van der Waals surface area contributed by atoms with Gasteiger partial charge in [-0.2, -0.15) is 0 Å². The molecule has 9 nitrogen and oxygen atoms in total. The molecule has 36 heavy (non-hydrogen) atoms. The number of H-pyrrole nitrogens is 1. The summed E-state index contributed by atoms with van der Waals surface area (Å²) in [6.45, 7) is 4.17. The number of rotatable bonds is 9. The first kappa shape index (κ1) is 24.7. The number of aromatic amines is 1. The average molecular weight is 488 g/mol. The van der Waals surface area contributed by atoms with Crippen LogP contribution >= 0.6 is 0 Å². The number of aryl methyl sites for hydroxylation is 1. The van der Waals surface area contributed by atoms with E-state index in [9.17, 15) is 14.4 Å². The predicted octanol–water partition coefficient (Wildman–Crippen LogP) is 3.51. The molecule has 4 rings (SSSR count). The number of anilines is 2. The molecule has 2 aromatic carbocycles. The average Bonchev–Trinajstić information content (AvgIpc) is 3.24. The number of nitrogen functional groups attached to an aromatic ring is 1. The number of hydrogen-bond donors (Lipinski definition) is 2. The molecule has 4 aromatic rings. The Morgan fingerprint density at radius 1 is 1.08 bits per heavy atom. The maximum Gasteiger partial charge on any atom is 0.330 e. The van der Waals surface area contributed by atoms with Crippen LogP contribution in [0.2, 0.25) is 0 Å². The van der Waals surface area contributed by atoms with Crippen LogP contribution < -0.4 is 21.9 Å². The molecule has 3 N–H and O–H groups in total. The van der Waals surface area contributed by atoms with Crippen molar-refractivity contribution in [3.63, 3.8) is 0 Å². The van der Waals surface area contributed by atoms with Gasteiger partial charge < -0.3 is 15.1 Å². The van der Waals surface area contributed by atoms with Gasteiger partial charge in [-0.3, -0.25) is 19.1 Å². The first-order valence-corrected chi connectivity index (χ1v) is 11.9. The lowest BCUT2D eigenvalue weighted by molar-refractivity contribution is -0.118. The Labute approximate surface area is 208 Å². The van der Waals surface area contributed by atoms with Crippen LogP contribution in [-0.2, 0) is 17.8 Å². The summed E-state index contributed by atoms with van der Waals surface area (Å²) >= 11 is 0. The van der Waals surface area contributed by atoms with Crippen molar-refractivity contribution in [2.75, 3.05) is 17.2 Å². The van der Waals surface area contributed by atoms with Gasteiger partial charge >= 0.3 is 5.69 Å². The van der Waals surface area contributed by atoms with Gasteiger partial charge in [0.25, 0.3) is 5.56 Å². The standard InChI is InChI=1S/C27H29N5O4/c1-3-4-15-31(22(33)16-21-18(2)36-26(29-21)20-13-9-6-10-14-20)23-24(28)32(27(35)30-25(23)34)17-19-11-7-5-8-12-19/h5-14H,3-4,15-17,28H2,1-2H3,(H,30,34,35). The second kappa shape index (κ2) is 10.9. The molecule has 186 valence electrons. The van der Waals surface area contributed by atoms with Crippen LogP contribution in [-0.4, -0.2) is 27.0 Å². The van der Waals surface area contributed by atoms with Crippen molar-refractivity contribution >= 4 is 17.4 Å². The highest BCUT2D eigenvalue weighted by molar-refractivity contribution is 5.96. The summed E-state index contributed by atoms with van der Waals surface area (Å²) in [5.41, 5.74) is 7.11. The van der Waals surface area contributed by atoms with Crippen LogP contribution in [0.1, 0.15) is 36.8 Å². The first-order valence-electron chi connectivity index (χ1n) is 11.9. The topological polar surface area (TPSA) is 127 Å². The van der Waals surface area contributed by atoms with Crippen molar-refractivity contribution in [1.29, 1.82) is 0 Å². The molecule has 0 aliphatic carbocycles. The van der Waals surface area contributed by atoms with Gasteiger partial charge in [0.05, 0.1) is 18.7 Å². The summed E-state index contributed by atoms with van der Waals surface area (Å²) in [5.74, 6) is 0.527. The van der Waals surface area contributed by atoms with Gasteiger partial charge in [0.2, 0.25) is 11.8 Å².